The molecule has 0 spiro atoms. The fourth-order valence-electron chi connectivity index (χ4n) is 1.45. The van der Waals surface area contributed by atoms with Crippen molar-refractivity contribution >= 4 is 11.0 Å². The van der Waals surface area contributed by atoms with E-state index in [1.54, 1.807) is 6.07 Å². The molecule has 0 saturated heterocycles. The van der Waals surface area contributed by atoms with Crippen molar-refractivity contribution in [3.05, 3.63) is 40.3 Å². The molecule has 0 aromatic carbocycles. The number of aromatic nitrogens is 2. The number of pyridine rings is 2. The standard InChI is InChI=1S/C12H14N2O/c1-12(2,3)9-6-8-4-5-10(15)14-11(8)13-7-9/h4-7H,1-3H3,(H,13,14,15). The van der Waals surface area contributed by atoms with Crippen LogP contribution in [0.5, 0.6) is 0 Å². The van der Waals surface area contributed by atoms with E-state index in [0.717, 1.165) is 5.39 Å². The van der Waals surface area contributed by atoms with Crippen molar-refractivity contribution in [2.75, 3.05) is 0 Å². The number of nitrogens with one attached hydrogen (secondary N) is 1. The zero-order valence-corrected chi connectivity index (χ0v) is 9.16. The number of H-pyrrole nitrogens is 1. The summed E-state index contributed by atoms with van der Waals surface area (Å²) in [5.41, 5.74) is 1.79. The molecule has 0 atom stereocenters. The zero-order valence-electron chi connectivity index (χ0n) is 9.16. The monoisotopic (exact) mass is 202 g/mol. The Morgan fingerprint density at radius 2 is 2.00 bits per heavy atom. The van der Waals surface area contributed by atoms with Crippen LogP contribution in [0.3, 0.4) is 0 Å². The molecule has 0 aliphatic carbocycles. The lowest BCUT2D eigenvalue weighted by molar-refractivity contribution is 0.588. The van der Waals surface area contributed by atoms with Crippen LogP contribution in [0.1, 0.15) is 26.3 Å². The van der Waals surface area contributed by atoms with E-state index < -0.39 is 0 Å². The Hall–Kier alpha value is -1.64. The Bertz CT molecular complexity index is 549. The number of fused-ring (bicyclic) bond motifs is 1. The topological polar surface area (TPSA) is 45.8 Å². The fraction of sp³-hybridized carbons (Fsp3) is 0.333. The maximum Gasteiger partial charge on any atom is 0.249 e. The van der Waals surface area contributed by atoms with E-state index in [2.05, 4.69) is 36.8 Å². The average molecular weight is 202 g/mol. The molecule has 0 fully saturated rings. The van der Waals surface area contributed by atoms with Gasteiger partial charge in [-0.3, -0.25) is 4.79 Å². The van der Waals surface area contributed by atoms with Crippen LogP contribution >= 0.6 is 0 Å². The summed E-state index contributed by atoms with van der Waals surface area (Å²) in [6.07, 6.45) is 1.82. The second kappa shape index (κ2) is 3.19. The van der Waals surface area contributed by atoms with Crippen LogP contribution in [0.15, 0.2) is 29.2 Å². The third kappa shape index (κ3) is 1.91. The largest absolute Gasteiger partial charge is 0.307 e. The molecule has 78 valence electrons. The second-order valence-electron chi connectivity index (χ2n) is 4.73. The molecule has 2 heterocycles. The predicted molar refractivity (Wildman–Crippen MR) is 61.1 cm³/mol. The molecule has 0 unspecified atom stereocenters. The van der Waals surface area contributed by atoms with Gasteiger partial charge in [-0.1, -0.05) is 20.8 Å². The van der Waals surface area contributed by atoms with Crippen molar-refractivity contribution in [3.8, 4) is 0 Å². The third-order valence-electron chi connectivity index (χ3n) is 2.44. The van der Waals surface area contributed by atoms with Gasteiger partial charge in [0.1, 0.15) is 5.65 Å². The zero-order chi connectivity index (χ0) is 11.1. The van der Waals surface area contributed by atoms with Crippen molar-refractivity contribution in [1.82, 2.24) is 9.97 Å². The molecule has 0 radical (unpaired) electrons. The highest BCUT2D eigenvalue weighted by molar-refractivity contribution is 5.74. The van der Waals surface area contributed by atoms with Gasteiger partial charge in [0.05, 0.1) is 0 Å². The first-order chi connectivity index (χ1) is 6.97. The van der Waals surface area contributed by atoms with Gasteiger partial charge in [0.2, 0.25) is 5.56 Å². The maximum atomic E-state index is 11.1. The minimum absolute atomic E-state index is 0.0807. The van der Waals surface area contributed by atoms with Gasteiger partial charge in [0.25, 0.3) is 0 Å². The van der Waals surface area contributed by atoms with Crippen molar-refractivity contribution < 1.29 is 0 Å². The molecule has 2 aromatic heterocycles. The highest BCUT2D eigenvalue weighted by atomic mass is 16.1. The fourth-order valence-corrected chi connectivity index (χ4v) is 1.45. The third-order valence-corrected chi connectivity index (χ3v) is 2.44. The lowest BCUT2D eigenvalue weighted by atomic mass is 9.88. The molecule has 3 heteroatoms. The first-order valence-electron chi connectivity index (χ1n) is 4.96. The van der Waals surface area contributed by atoms with E-state index in [-0.39, 0.29) is 11.0 Å². The molecule has 0 amide bonds. The van der Waals surface area contributed by atoms with Crippen LogP contribution < -0.4 is 5.56 Å². The summed E-state index contributed by atoms with van der Waals surface area (Å²) in [7, 11) is 0. The molecule has 15 heavy (non-hydrogen) atoms. The van der Waals surface area contributed by atoms with Gasteiger partial charge in [-0.25, -0.2) is 4.98 Å². The summed E-state index contributed by atoms with van der Waals surface area (Å²) in [5, 5.41) is 0.974. The molecule has 0 bridgehead atoms. The van der Waals surface area contributed by atoms with E-state index in [4.69, 9.17) is 0 Å². The molecule has 2 aromatic rings. The number of rotatable bonds is 0. The molecule has 2 rings (SSSR count). The summed E-state index contributed by atoms with van der Waals surface area (Å²) >= 11 is 0. The van der Waals surface area contributed by atoms with Gasteiger partial charge < -0.3 is 4.98 Å². The minimum Gasteiger partial charge on any atom is -0.307 e. The lowest BCUT2D eigenvalue weighted by Gasteiger charge is -2.18. The number of hydrogen-bond donors (Lipinski definition) is 1. The molecule has 0 saturated carbocycles. The van der Waals surface area contributed by atoms with Gasteiger partial charge in [-0.05, 0) is 23.1 Å². The van der Waals surface area contributed by atoms with E-state index in [1.165, 1.54) is 11.6 Å². The Kier molecular flexibility index (Phi) is 2.11. The first kappa shape index (κ1) is 9.90. The lowest BCUT2D eigenvalue weighted by Crippen LogP contribution is -2.12. The minimum atomic E-state index is -0.112. The van der Waals surface area contributed by atoms with Crippen molar-refractivity contribution in [1.29, 1.82) is 0 Å². The summed E-state index contributed by atoms with van der Waals surface area (Å²) in [5.74, 6) is 0. The molecule has 3 nitrogen and oxygen atoms in total. The molecule has 0 aliphatic rings. The Morgan fingerprint density at radius 1 is 1.27 bits per heavy atom. The molecular formula is C12H14N2O. The van der Waals surface area contributed by atoms with Gasteiger partial charge in [-0.2, -0.15) is 0 Å². The van der Waals surface area contributed by atoms with Crippen LogP contribution in [0, 0.1) is 0 Å². The van der Waals surface area contributed by atoms with Gasteiger partial charge in [-0.15, -0.1) is 0 Å². The highest BCUT2D eigenvalue weighted by Gasteiger charge is 2.14. The van der Waals surface area contributed by atoms with Crippen LogP contribution in [-0.2, 0) is 5.41 Å². The van der Waals surface area contributed by atoms with Crippen LogP contribution in [0.4, 0.5) is 0 Å². The first-order valence-corrected chi connectivity index (χ1v) is 4.96. The smallest absolute Gasteiger partial charge is 0.249 e. The van der Waals surface area contributed by atoms with Gasteiger partial charge in [0, 0.05) is 17.6 Å². The Morgan fingerprint density at radius 3 is 2.67 bits per heavy atom. The Labute approximate surface area is 88.2 Å². The van der Waals surface area contributed by atoms with Gasteiger partial charge >= 0.3 is 0 Å². The van der Waals surface area contributed by atoms with Crippen LogP contribution in [-0.4, -0.2) is 9.97 Å². The number of nitrogens with zero attached hydrogens (tertiary/aromatic N) is 1. The molecule has 0 aliphatic heterocycles. The number of hydrogen-bond acceptors (Lipinski definition) is 2. The van der Waals surface area contributed by atoms with Gasteiger partial charge in [0.15, 0.2) is 0 Å². The van der Waals surface area contributed by atoms with Crippen molar-refractivity contribution in [2.45, 2.75) is 26.2 Å². The molecular weight excluding hydrogens is 188 g/mol. The summed E-state index contributed by atoms with van der Waals surface area (Å²) < 4.78 is 0. The Balaban J connectivity index is 2.67. The predicted octanol–water partition coefficient (Wildman–Crippen LogP) is 2.22. The van der Waals surface area contributed by atoms with E-state index >= 15 is 0 Å². The maximum absolute atomic E-state index is 11.1. The van der Waals surface area contributed by atoms with Crippen molar-refractivity contribution in [2.24, 2.45) is 0 Å². The highest BCUT2D eigenvalue weighted by Crippen LogP contribution is 2.23. The summed E-state index contributed by atoms with van der Waals surface area (Å²) in [6, 6.07) is 5.39. The normalized spacial score (nSPS) is 11.9. The quantitative estimate of drug-likeness (QED) is 0.712. The van der Waals surface area contributed by atoms with E-state index in [1.807, 2.05) is 6.20 Å². The van der Waals surface area contributed by atoms with Crippen LogP contribution in [0.2, 0.25) is 0 Å². The van der Waals surface area contributed by atoms with Crippen molar-refractivity contribution in [3.63, 3.8) is 0 Å². The second-order valence-corrected chi connectivity index (χ2v) is 4.73. The molecule has 1 N–H and O–H groups in total. The SMILES string of the molecule is CC(C)(C)c1cnc2[nH]c(=O)ccc2c1. The van der Waals surface area contributed by atoms with E-state index in [9.17, 15) is 4.79 Å². The number of aromatic amines is 1. The summed E-state index contributed by atoms with van der Waals surface area (Å²) in [6.45, 7) is 6.42. The van der Waals surface area contributed by atoms with Crippen LogP contribution in [0.25, 0.3) is 11.0 Å². The average Bonchev–Trinajstić information content (AvgIpc) is 2.15. The van der Waals surface area contributed by atoms with E-state index in [0.29, 0.717) is 5.65 Å². The summed E-state index contributed by atoms with van der Waals surface area (Å²) in [4.78, 5) is 18.0.